The number of nitriles is 1. The molecule has 0 radical (unpaired) electrons. The largest absolute Gasteiger partial charge is 0.337 e. The van der Waals surface area contributed by atoms with Crippen LogP contribution in [0, 0.1) is 29.9 Å². The van der Waals surface area contributed by atoms with E-state index >= 15 is 0 Å². The molecule has 11 heteroatoms. The molecule has 4 N–H and O–H groups in total. The van der Waals surface area contributed by atoms with Crippen LogP contribution >= 0.6 is 0 Å². The topological polar surface area (TPSA) is 136 Å². The Morgan fingerprint density at radius 3 is 2.52 bits per heavy atom. The predicted molar refractivity (Wildman–Crippen MR) is 98.0 cm³/mol. The molecule has 0 aliphatic heterocycles. The number of pyridine rings is 1. The smallest absolute Gasteiger partial charge is 0.278 e. The fourth-order valence-electron chi connectivity index (χ4n) is 1.94. The van der Waals surface area contributed by atoms with Gasteiger partial charge in [0, 0.05) is 0 Å². The van der Waals surface area contributed by atoms with E-state index < -0.39 is 41.3 Å². The molecule has 0 aliphatic carbocycles. The standard InChI is InChI=1S/C16H13F2N5O4.C2H6/c1-8-2-3-12(10(17)4-8)20-15-9(5-11(18)13(6-19)21-15)16(25)23-27-7-14(24)22-26;1-2/h2-5,26H,7H2,1H3,(H,20,21)(H,22,24)(H,23,25);1-2H3. The van der Waals surface area contributed by atoms with E-state index in [9.17, 15) is 18.4 Å². The minimum Gasteiger partial charge on any atom is -0.337 e. The normalized spacial score (nSPS) is 9.55. The first-order valence-corrected chi connectivity index (χ1v) is 8.34. The average molecular weight is 407 g/mol. The van der Waals surface area contributed by atoms with Crippen LogP contribution in [0.4, 0.5) is 20.3 Å². The molecule has 1 aromatic carbocycles. The molecule has 1 aromatic heterocycles. The Kier molecular flexibility index (Phi) is 9.11. The van der Waals surface area contributed by atoms with Crippen molar-refractivity contribution in [1.82, 2.24) is 15.9 Å². The van der Waals surface area contributed by atoms with Gasteiger partial charge in [-0.1, -0.05) is 19.9 Å². The molecule has 0 spiro atoms. The summed E-state index contributed by atoms with van der Waals surface area (Å²) in [4.78, 5) is 31.2. The maximum atomic E-state index is 14.0. The SMILES string of the molecule is CC.Cc1ccc(Nc2nc(C#N)c(F)cc2C(=O)NOCC(=O)NO)c(F)c1. The van der Waals surface area contributed by atoms with Crippen molar-refractivity contribution in [2.75, 3.05) is 11.9 Å². The first kappa shape index (κ1) is 23.4. The molecule has 2 aromatic rings. The van der Waals surface area contributed by atoms with Gasteiger partial charge in [0.05, 0.1) is 11.3 Å². The summed E-state index contributed by atoms with van der Waals surface area (Å²) in [5, 5.41) is 19.8. The zero-order valence-electron chi connectivity index (χ0n) is 15.8. The van der Waals surface area contributed by atoms with Crippen molar-refractivity contribution in [1.29, 1.82) is 5.26 Å². The number of hydroxylamine groups is 2. The Labute approximate surface area is 165 Å². The number of amides is 2. The van der Waals surface area contributed by atoms with Gasteiger partial charge >= 0.3 is 0 Å². The van der Waals surface area contributed by atoms with E-state index in [1.807, 2.05) is 19.3 Å². The molecule has 0 unspecified atom stereocenters. The number of benzene rings is 1. The number of aromatic nitrogens is 1. The lowest BCUT2D eigenvalue weighted by molar-refractivity contribution is -0.135. The third kappa shape index (κ3) is 6.49. The number of carbonyl (C=O) groups excluding carboxylic acids is 2. The van der Waals surface area contributed by atoms with Gasteiger partial charge in [-0.15, -0.1) is 0 Å². The summed E-state index contributed by atoms with van der Waals surface area (Å²) in [5.41, 5.74) is 2.70. The molecule has 0 saturated carbocycles. The van der Waals surface area contributed by atoms with Crippen molar-refractivity contribution in [2.45, 2.75) is 20.8 Å². The Bertz CT molecular complexity index is 931. The van der Waals surface area contributed by atoms with Crippen LogP contribution in [0.3, 0.4) is 0 Å². The van der Waals surface area contributed by atoms with Gasteiger partial charge < -0.3 is 5.32 Å². The lowest BCUT2D eigenvalue weighted by Gasteiger charge is -2.13. The lowest BCUT2D eigenvalue weighted by Crippen LogP contribution is -2.31. The van der Waals surface area contributed by atoms with Crippen LogP contribution in [0.15, 0.2) is 24.3 Å². The molecule has 2 rings (SSSR count). The van der Waals surface area contributed by atoms with Gasteiger partial charge in [-0.3, -0.25) is 19.6 Å². The Morgan fingerprint density at radius 1 is 1.24 bits per heavy atom. The number of nitrogens with zero attached hydrogens (tertiary/aromatic N) is 2. The van der Waals surface area contributed by atoms with Crippen molar-refractivity contribution in [3.63, 3.8) is 0 Å². The Hall–Kier alpha value is -3.62. The summed E-state index contributed by atoms with van der Waals surface area (Å²) in [7, 11) is 0. The van der Waals surface area contributed by atoms with Crippen LogP contribution < -0.4 is 16.3 Å². The molecular weight excluding hydrogens is 388 g/mol. The second-order valence-corrected chi connectivity index (χ2v) is 5.19. The molecule has 0 atom stereocenters. The van der Waals surface area contributed by atoms with E-state index in [2.05, 4.69) is 15.1 Å². The van der Waals surface area contributed by atoms with Crippen molar-refractivity contribution < 1.29 is 28.4 Å². The van der Waals surface area contributed by atoms with E-state index in [4.69, 9.17) is 10.5 Å². The number of carbonyl (C=O) groups is 2. The molecule has 0 aliphatic rings. The number of nitrogens with one attached hydrogen (secondary N) is 3. The molecule has 29 heavy (non-hydrogen) atoms. The van der Waals surface area contributed by atoms with Gasteiger partial charge in [0.1, 0.15) is 17.7 Å². The highest BCUT2D eigenvalue weighted by molar-refractivity contribution is 5.99. The first-order valence-electron chi connectivity index (χ1n) is 8.34. The minimum atomic E-state index is -1.08. The summed E-state index contributed by atoms with van der Waals surface area (Å²) in [6.45, 7) is 4.96. The molecule has 154 valence electrons. The van der Waals surface area contributed by atoms with Crippen LogP contribution in [0.2, 0.25) is 0 Å². The summed E-state index contributed by atoms with van der Waals surface area (Å²) >= 11 is 0. The van der Waals surface area contributed by atoms with Gasteiger partial charge in [0.25, 0.3) is 11.8 Å². The summed E-state index contributed by atoms with van der Waals surface area (Å²) in [6, 6.07) is 6.43. The zero-order valence-corrected chi connectivity index (χ0v) is 15.8. The van der Waals surface area contributed by atoms with Crippen LogP contribution in [0.25, 0.3) is 0 Å². The van der Waals surface area contributed by atoms with E-state index in [-0.39, 0.29) is 11.5 Å². The quantitative estimate of drug-likeness (QED) is 0.426. The molecule has 9 nitrogen and oxygen atoms in total. The maximum Gasteiger partial charge on any atom is 0.278 e. The van der Waals surface area contributed by atoms with Gasteiger partial charge in [-0.2, -0.15) is 5.26 Å². The molecule has 0 fully saturated rings. The monoisotopic (exact) mass is 407 g/mol. The van der Waals surface area contributed by atoms with Crippen molar-refractivity contribution in [3.8, 4) is 6.07 Å². The molecular formula is C18H19F2N5O4. The first-order chi connectivity index (χ1) is 13.8. The fourth-order valence-corrected chi connectivity index (χ4v) is 1.94. The number of anilines is 2. The molecule has 2 amide bonds. The minimum absolute atomic E-state index is 0.0572. The average Bonchev–Trinajstić information content (AvgIpc) is 2.72. The highest BCUT2D eigenvalue weighted by atomic mass is 19.1. The summed E-state index contributed by atoms with van der Waals surface area (Å²) < 4.78 is 27.9. The fraction of sp³-hybridized carbons (Fsp3) is 0.222. The van der Waals surface area contributed by atoms with E-state index in [1.54, 1.807) is 13.0 Å². The van der Waals surface area contributed by atoms with Gasteiger partial charge in [0.15, 0.2) is 18.1 Å². The number of rotatable bonds is 6. The number of aryl methyl sites for hydroxylation is 1. The summed E-state index contributed by atoms with van der Waals surface area (Å²) in [5.74, 6) is -4.00. The zero-order chi connectivity index (χ0) is 22.0. The number of halogens is 2. The van der Waals surface area contributed by atoms with Crippen LogP contribution in [-0.4, -0.2) is 28.6 Å². The number of hydrogen-bond donors (Lipinski definition) is 4. The highest BCUT2D eigenvalue weighted by Crippen LogP contribution is 2.24. The van der Waals surface area contributed by atoms with E-state index in [0.29, 0.717) is 11.6 Å². The van der Waals surface area contributed by atoms with Crippen molar-refractivity contribution >= 4 is 23.3 Å². The van der Waals surface area contributed by atoms with Gasteiger partial charge in [-0.25, -0.2) is 24.7 Å². The van der Waals surface area contributed by atoms with Crippen molar-refractivity contribution in [3.05, 3.63) is 52.7 Å². The lowest BCUT2D eigenvalue weighted by atomic mass is 10.2. The van der Waals surface area contributed by atoms with Gasteiger partial charge in [0.2, 0.25) is 0 Å². The predicted octanol–water partition coefficient (Wildman–Crippen LogP) is 2.48. The van der Waals surface area contributed by atoms with Crippen molar-refractivity contribution in [2.24, 2.45) is 0 Å². The Morgan fingerprint density at radius 2 is 1.93 bits per heavy atom. The maximum absolute atomic E-state index is 14.0. The highest BCUT2D eigenvalue weighted by Gasteiger charge is 2.19. The van der Waals surface area contributed by atoms with Crippen LogP contribution in [-0.2, 0) is 9.63 Å². The van der Waals surface area contributed by atoms with Crippen LogP contribution in [0.5, 0.6) is 0 Å². The van der Waals surface area contributed by atoms with E-state index in [0.717, 1.165) is 0 Å². The van der Waals surface area contributed by atoms with Gasteiger partial charge in [-0.05, 0) is 30.7 Å². The molecule has 0 saturated heterocycles. The summed E-state index contributed by atoms with van der Waals surface area (Å²) in [6.07, 6.45) is 0. The van der Waals surface area contributed by atoms with Crippen LogP contribution in [0.1, 0.15) is 35.5 Å². The second kappa shape index (κ2) is 11.3. The molecule has 1 heterocycles. The number of hydrogen-bond acceptors (Lipinski definition) is 7. The third-order valence-electron chi connectivity index (χ3n) is 3.20. The van der Waals surface area contributed by atoms with E-state index in [1.165, 1.54) is 23.7 Å². The Balaban J connectivity index is 0.00000204. The third-order valence-corrected chi connectivity index (χ3v) is 3.20. The molecule has 0 bridgehead atoms. The second-order valence-electron chi connectivity index (χ2n) is 5.19.